The van der Waals surface area contributed by atoms with Crippen molar-refractivity contribution in [3.05, 3.63) is 65.5 Å². The molecule has 2 aromatic rings. The van der Waals surface area contributed by atoms with Gasteiger partial charge in [0.05, 0.1) is 6.61 Å². The quantitative estimate of drug-likeness (QED) is 0.930. The second-order valence-corrected chi connectivity index (χ2v) is 5.28. The van der Waals surface area contributed by atoms with Gasteiger partial charge in [-0.1, -0.05) is 30.3 Å². The van der Waals surface area contributed by atoms with E-state index in [9.17, 15) is 4.39 Å². The zero-order valence-electron chi connectivity index (χ0n) is 11.3. The lowest BCUT2D eigenvalue weighted by molar-refractivity contribution is 0.254. The summed E-state index contributed by atoms with van der Waals surface area (Å²) in [5.74, 6) is 0.990. The second kappa shape index (κ2) is 5.63. The van der Waals surface area contributed by atoms with Crippen LogP contribution < -0.4 is 10.5 Å². The van der Waals surface area contributed by atoms with Gasteiger partial charge >= 0.3 is 0 Å². The number of hydrogen-bond donors (Lipinski definition) is 1. The van der Waals surface area contributed by atoms with Crippen LogP contribution in [0.1, 0.15) is 23.5 Å². The Kier molecular flexibility index (Phi) is 3.70. The summed E-state index contributed by atoms with van der Waals surface area (Å²) in [6.07, 6.45) is 1.59. The van der Waals surface area contributed by atoms with Gasteiger partial charge in [0.25, 0.3) is 0 Å². The Labute approximate surface area is 118 Å². The summed E-state index contributed by atoms with van der Waals surface area (Å²) in [4.78, 5) is 0. The van der Waals surface area contributed by atoms with Crippen LogP contribution in [0.15, 0.2) is 48.5 Å². The second-order valence-electron chi connectivity index (χ2n) is 5.28. The number of halogens is 1. The summed E-state index contributed by atoms with van der Waals surface area (Å²) in [5, 5.41) is 0. The van der Waals surface area contributed by atoms with Gasteiger partial charge in [-0.05, 0) is 42.2 Å². The first-order valence-electron chi connectivity index (χ1n) is 6.96. The van der Waals surface area contributed by atoms with Crippen LogP contribution >= 0.6 is 0 Å². The Balaban J connectivity index is 1.80. The van der Waals surface area contributed by atoms with Gasteiger partial charge in [0.15, 0.2) is 0 Å². The van der Waals surface area contributed by atoms with Crippen molar-refractivity contribution in [2.24, 2.45) is 5.73 Å². The number of rotatable bonds is 3. The molecule has 20 heavy (non-hydrogen) atoms. The maximum atomic E-state index is 13.2. The molecular weight excluding hydrogens is 253 g/mol. The van der Waals surface area contributed by atoms with Crippen molar-refractivity contribution in [2.75, 3.05) is 6.61 Å². The van der Waals surface area contributed by atoms with Crippen LogP contribution in [0.5, 0.6) is 5.75 Å². The predicted octanol–water partition coefficient (Wildman–Crippen LogP) is 3.26. The molecule has 2 N–H and O–H groups in total. The summed E-state index contributed by atoms with van der Waals surface area (Å²) < 4.78 is 18.9. The zero-order valence-corrected chi connectivity index (χ0v) is 11.3. The number of hydrogen-bond acceptors (Lipinski definition) is 2. The molecule has 0 aromatic heterocycles. The van der Waals surface area contributed by atoms with Gasteiger partial charge in [-0.2, -0.15) is 0 Å². The van der Waals surface area contributed by atoms with E-state index in [4.69, 9.17) is 10.5 Å². The van der Waals surface area contributed by atoms with E-state index in [0.717, 1.165) is 17.7 Å². The van der Waals surface area contributed by atoms with E-state index in [1.54, 1.807) is 12.1 Å². The van der Waals surface area contributed by atoms with E-state index in [2.05, 4.69) is 6.07 Å². The molecule has 0 amide bonds. The maximum absolute atomic E-state index is 13.2. The predicted molar refractivity (Wildman–Crippen MR) is 77.4 cm³/mol. The molecule has 2 aromatic carbocycles. The SMILES string of the molecule is NC(Cc1cccc(F)c1)C1CCOc2ccccc21. The summed E-state index contributed by atoms with van der Waals surface area (Å²) >= 11 is 0. The minimum absolute atomic E-state index is 0.0261. The third-order valence-corrected chi connectivity index (χ3v) is 3.88. The van der Waals surface area contributed by atoms with Crippen LogP contribution in [0.3, 0.4) is 0 Å². The standard InChI is InChI=1S/C17H18FNO/c18-13-5-3-4-12(10-13)11-16(19)14-8-9-20-17-7-2-1-6-15(14)17/h1-7,10,14,16H,8-9,11,19H2. The van der Waals surface area contributed by atoms with E-state index < -0.39 is 0 Å². The topological polar surface area (TPSA) is 35.2 Å². The number of nitrogens with two attached hydrogens (primary N) is 1. The first-order chi connectivity index (χ1) is 9.74. The van der Waals surface area contributed by atoms with E-state index in [1.807, 2.05) is 24.3 Å². The van der Waals surface area contributed by atoms with Gasteiger partial charge in [0.1, 0.15) is 11.6 Å². The number of benzene rings is 2. The van der Waals surface area contributed by atoms with Crippen LogP contribution in [-0.2, 0) is 6.42 Å². The summed E-state index contributed by atoms with van der Waals surface area (Å²) in [6, 6.07) is 14.7. The minimum Gasteiger partial charge on any atom is -0.493 e. The van der Waals surface area contributed by atoms with Gasteiger partial charge in [0, 0.05) is 12.0 Å². The lowest BCUT2D eigenvalue weighted by atomic mass is 9.84. The third kappa shape index (κ3) is 2.68. The lowest BCUT2D eigenvalue weighted by Crippen LogP contribution is -2.34. The molecule has 0 bridgehead atoms. The van der Waals surface area contributed by atoms with E-state index in [-0.39, 0.29) is 17.8 Å². The van der Waals surface area contributed by atoms with Crippen molar-refractivity contribution in [1.29, 1.82) is 0 Å². The van der Waals surface area contributed by atoms with Crippen LogP contribution in [0.25, 0.3) is 0 Å². The van der Waals surface area contributed by atoms with Crippen LogP contribution in [0, 0.1) is 5.82 Å². The monoisotopic (exact) mass is 271 g/mol. The highest BCUT2D eigenvalue weighted by atomic mass is 19.1. The molecule has 1 aliphatic rings. The smallest absolute Gasteiger partial charge is 0.123 e. The molecule has 0 radical (unpaired) electrons. The first-order valence-corrected chi connectivity index (χ1v) is 6.96. The van der Waals surface area contributed by atoms with Gasteiger partial charge in [0.2, 0.25) is 0 Å². The van der Waals surface area contributed by atoms with Crippen molar-refractivity contribution < 1.29 is 9.13 Å². The third-order valence-electron chi connectivity index (χ3n) is 3.88. The van der Waals surface area contributed by atoms with Crippen LogP contribution in [0.4, 0.5) is 4.39 Å². The average Bonchev–Trinajstić information content (AvgIpc) is 2.46. The molecule has 3 rings (SSSR count). The minimum atomic E-state index is -0.206. The molecule has 1 aliphatic heterocycles. The molecule has 2 unspecified atom stereocenters. The van der Waals surface area contributed by atoms with Crippen LogP contribution in [0.2, 0.25) is 0 Å². The molecule has 3 heteroatoms. The van der Waals surface area contributed by atoms with Crippen molar-refractivity contribution in [2.45, 2.75) is 24.8 Å². The van der Waals surface area contributed by atoms with Gasteiger partial charge in [-0.15, -0.1) is 0 Å². The molecule has 0 saturated carbocycles. The Morgan fingerprint density at radius 3 is 2.90 bits per heavy atom. The Morgan fingerprint density at radius 2 is 2.05 bits per heavy atom. The molecular formula is C17H18FNO. The largest absolute Gasteiger partial charge is 0.493 e. The average molecular weight is 271 g/mol. The molecule has 2 nitrogen and oxygen atoms in total. The fourth-order valence-corrected chi connectivity index (χ4v) is 2.89. The summed E-state index contributed by atoms with van der Waals surface area (Å²) in [5.41, 5.74) is 8.48. The normalized spacial score (nSPS) is 19.0. The van der Waals surface area contributed by atoms with Crippen molar-refractivity contribution in [1.82, 2.24) is 0 Å². The molecule has 0 aliphatic carbocycles. The Bertz CT molecular complexity index is 599. The van der Waals surface area contributed by atoms with E-state index >= 15 is 0 Å². The molecule has 0 fully saturated rings. The fraction of sp³-hybridized carbons (Fsp3) is 0.294. The summed E-state index contributed by atoms with van der Waals surface area (Å²) in [7, 11) is 0. The summed E-state index contributed by atoms with van der Waals surface area (Å²) in [6.45, 7) is 0.693. The van der Waals surface area contributed by atoms with E-state index in [1.165, 1.54) is 11.6 Å². The van der Waals surface area contributed by atoms with Crippen molar-refractivity contribution >= 4 is 0 Å². The number of fused-ring (bicyclic) bond motifs is 1. The lowest BCUT2D eigenvalue weighted by Gasteiger charge is -2.30. The van der Waals surface area contributed by atoms with Gasteiger partial charge < -0.3 is 10.5 Å². The molecule has 0 spiro atoms. The highest BCUT2D eigenvalue weighted by Gasteiger charge is 2.26. The zero-order chi connectivity index (χ0) is 13.9. The molecule has 2 atom stereocenters. The Hall–Kier alpha value is -1.87. The number of ether oxygens (including phenoxy) is 1. The highest BCUT2D eigenvalue weighted by Crippen LogP contribution is 2.35. The van der Waals surface area contributed by atoms with Gasteiger partial charge in [-0.3, -0.25) is 0 Å². The van der Waals surface area contributed by atoms with Crippen LogP contribution in [-0.4, -0.2) is 12.6 Å². The first kappa shape index (κ1) is 13.1. The van der Waals surface area contributed by atoms with E-state index in [0.29, 0.717) is 13.0 Å². The molecule has 104 valence electrons. The van der Waals surface area contributed by atoms with Crippen molar-refractivity contribution in [3.8, 4) is 5.75 Å². The molecule has 0 saturated heterocycles. The van der Waals surface area contributed by atoms with Crippen molar-refractivity contribution in [3.63, 3.8) is 0 Å². The fourth-order valence-electron chi connectivity index (χ4n) is 2.89. The highest BCUT2D eigenvalue weighted by molar-refractivity contribution is 5.39. The van der Waals surface area contributed by atoms with Gasteiger partial charge in [-0.25, -0.2) is 4.39 Å². The Morgan fingerprint density at radius 1 is 1.20 bits per heavy atom. The maximum Gasteiger partial charge on any atom is 0.123 e. The number of para-hydroxylation sites is 1. The molecule has 1 heterocycles.